The molecule has 20 heavy (non-hydrogen) atoms. The van der Waals surface area contributed by atoms with Crippen molar-refractivity contribution in [2.24, 2.45) is 0 Å². The van der Waals surface area contributed by atoms with E-state index in [2.05, 4.69) is 37.3 Å². The van der Waals surface area contributed by atoms with Crippen LogP contribution in [0.1, 0.15) is 18.1 Å². The minimum atomic E-state index is -0.502. The molecule has 0 heterocycles. The van der Waals surface area contributed by atoms with Crippen molar-refractivity contribution in [3.8, 4) is 0 Å². The predicted molar refractivity (Wildman–Crippen MR) is 83.4 cm³/mol. The summed E-state index contributed by atoms with van der Waals surface area (Å²) in [5.41, 5.74) is 3.08. The molecule has 0 fully saturated rings. The highest BCUT2D eigenvalue weighted by Gasteiger charge is 2.33. The van der Waals surface area contributed by atoms with E-state index in [4.69, 9.17) is 0 Å². The summed E-state index contributed by atoms with van der Waals surface area (Å²) >= 11 is 0. The normalized spacial score (nSPS) is 25.3. The molecule has 1 aliphatic carbocycles. The highest BCUT2D eigenvalue weighted by molar-refractivity contribution is 5.77. The van der Waals surface area contributed by atoms with Crippen molar-refractivity contribution >= 4 is 5.57 Å². The van der Waals surface area contributed by atoms with E-state index in [-0.39, 0.29) is 5.41 Å². The topological polar surface area (TPSA) is 20.2 Å². The first-order valence-corrected chi connectivity index (χ1v) is 6.90. The van der Waals surface area contributed by atoms with Crippen LogP contribution in [0.15, 0.2) is 78.9 Å². The number of aliphatic hydroxyl groups is 1. The average Bonchev–Trinajstić information content (AvgIpc) is 2.52. The highest BCUT2D eigenvalue weighted by Crippen LogP contribution is 2.37. The SMILES string of the molecule is CC1(c2ccccc2)C=C(c2ccccc2)C=CC1O. The zero-order valence-corrected chi connectivity index (χ0v) is 11.5. The first kappa shape index (κ1) is 12.9. The van der Waals surface area contributed by atoms with E-state index in [9.17, 15) is 5.11 Å². The number of benzene rings is 2. The molecule has 0 aliphatic heterocycles. The monoisotopic (exact) mass is 262 g/mol. The van der Waals surface area contributed by atoms with Gasteiger partial charge in [0.1, 0.15) is 0 Å². The summed E-state index contributed by atoms with van der Waals surface area (Å²) in [5, 5.41) is 10.4. The quantitative estimate of drug-likeness (QED) is 0.868. The largest absolute Gasteiger partial charge is 0.388 e. The lowest BCUT2D eigenvalue weighted by molar-refractivity contribution is 0.159. The van der Waals surface area contributed by atoms with Gasteiger partial charge in [-0.05, 0) is 23.6 Å². The molecule has 1 aliphatic rings. The third-order valence-corrected chi connectivity index (χ3v) is 4.03. The van der Waals surface area contributed by atoms with E-state index < -0.39 is 6.10 Å². The Bertz CT molecular complexity index is 640. The van der Waals surface area contributed by atoms with Gasteiger partial charge in [0.25, 0.3) is 0 Å². The van der Waals surface area contributed by atoms with Crippen LogP contribution in [0.3, 0.4) is 0 Å². The maximum Gasteiger partial charge on any atom is 0.0853 e. The Labute approximate surface area is 119 Å². The molecule has 2 aromatic rings. The summed E-state index contributed by atoms with van der Waals surface area (Å²) in [5.74, 6) is 0. The Hall–Kier alpha value is -2.12. The third-order valence-electron chi connectivity index (χ3n) is 4.03. The zero-order chi connectivity index (χ0) is 14.0. The number of aliphatic hydroxyl groups excluding tert-OH is 1. The number of hydrogen-bond acceptors (Lipinski definition) is 1. The van der Waals surface area contributed by atoms with Crippen LogP contribution in [0.25, 0.3) is 5.57 Å². The Morgan fingerprint density at radius 3 is 2.15 bits per heavy atom. The second-order valence-corrected chi connectivity index (χ2v) is 5.42. The van der Waals surface area contributed by atoms with Crippen LogP contribution in [0, 0.1) is 0 Å². The summed E-state index contributed by atoms with van der Waals surface area (Å²) < 4.78 is 0. The van der Waals surface area contributed by atoms with Crippen LogP contribution < -0.4 is 0 Å². The summed E-state index contributed by atoms with van der Waals surface area (Å²) in [6.07, 6.45) is 5.56. The second kappa shape index (κ2) is 5.10. The van der Waals surface area contributed by atoms with E-state index >= 15 is 0 Å². The minimum absolute atomic E-state index is 0.388. The van der Waals surface area contributed by atoms with Crippen LogP contribution in [0.5, 0.6) is 0 Å². The number of allylic oxidation sites excluding steroid dienone is 2. The van der Waals surface area contributed by atoms with E-state index in [0.717, 1.165) is 11.1 Å². The molecule has 1 heteroatoms. The summed E-state index contributed by atoms with van der Waals surface area (Å²) in [6, 6.07) is 20.5. The lowest BCUT2D eigenvalue weighted by Gasteiger charge is -2.34. The van der Waals surface area contributed by atoms with Crippen LogP contribution in [-0.4, -0.2) is 11.2 Å². The molecular weight excluding hydrogens is 244 g/mol. The van der Waals surface area contributed by atoms with Crippen LogP contribution in [0.4, 0.5) is 0 Å². The van der Waals surface area contributed by atoms with Crippen molar-refractivity contribution in [3.05, 3.63) is 90.0 Å². The van der Waals surface area contributed by atoms with E-state index in [1.807, 2.05) is 48.6 Å². The molecule has 0 aromatic heterocycles. The maximum absolute atomic E-state index is 10.4. The van der Waals surface area contributed by atoms with Crippen molar-refractivity contribution in [1.29, 1.82) is 0 Å². The first-order valence-electron chi connectivity index (χ1n) is 6.90. The van der Waals surface area contributed by atoms with Gasteiger partial charge in [0, 0.05) is 5.41 Å². The molecule has 0 amide bonds. The first-order chi connectivity index (χ1) is 9.70. The Morgan fingerprint density at radius 2 is 1.50 bits per heavy atom. The number of rotatable bonds is 2. The summed E-state index contributed by atoms with van der Waals surface area (Å²) in [6.45, 7) is 2.08. The highest BCUT2D eigenvalue weighted by atomic mass is 16.3. The molecule has 2 aromatic carbocycles. The van der Waals surface area contributed by atoms with E-state index in [1.165, 1.54) is 5.56 Å². The smallest absolute Gasteiger partial charge is 0.0853 e. The van der Waals surface area contributed by atoms with Crippen molar-refractivity contribution < 1.29 is 5.11 Å². The molecule has 0 saturated heterocycles. The van der Waals surface area contributed by atoms with Crippen molar-refractivity contribution in [2.75, 3.05) is 0 Å². The van der Waals surface area contributed by atoms with Gasteiger partial charge in [-0.15, -0.1) is 0 Å². The van der Waals surface area contributed by atoms with Crippen LogP contribution in [-0.2, 0) is 5.41 Å². The van der Waals surface area contributed by atoms with Gasteiger partial charge < -0.3 is 5.11 Å². The van der Waals surface area contributed by atoms with Gasteiger partial charge in [-0.25, -0.2) is 0 Å². The molecular formula is C19H18O. The fraction of sp³-hybridized carbons (Fsp3) is 0.158. The van der Waals surface area contributed by atoms with Crippen molar-refractivity contribution in [1.82, 2.24) is 0 Å². The van der Waals surface area contributed by atoms with E-state index in [1.54, 1.807) is 0 Å². The maximum atomic E-state index is 10.4. The molecule has 100 valence electrons. The zero-order valence-electron chi connectivity index (χ0n) is 11.5. The molecule has 2 atom stereocenters. The van der Waals surface area contributed by atoms with Crippen LogP contribution >= 0.6 is 0 Å². The van der Waals surface area contributed by atoms with Crippen LogP contribution in [0.2, 0.25) is 0 Å². The van der Waals surface area contributed by atoms with Gasteiger partial charge in [-0.2, -0.15) is 0 Å². The Morgan fingerprint density at radius 1 is 0.900 bits per heavy atom. The molecule has 0 saturated carbocycles. The molecule has 0 bridgehead atoms. The molecule has 2 unspecified atom stereocenters. The molecule has 3 rings (SSSR count). The van der Waals surface area contributed by atoms with Gasteiger partial charge in [0.05, 0.1) is 6.10 Å². The molecule has 0 spiro atoms. The molecule has 1 nitrogen and oxygen atoms in total. The van der Waals surface area contributed by atoms with Gasteiger partial charge in [0.2, 0.25) is 0 Å². The van der Waals surface area contributed by atoms with Crippen molar-refractivity contribution in [3.63, 3.8) is 0 Å². The Balaban J connectivity index is 2.07. The predicted octanol–water partition coefficient (Wildman–Crippen LogP) is 3.96. The molecule has 0 radical (unpaired) electrons. The lowest BCUT2D eigenvalue weighted by atomic mass is 9.73. The standard InChI is InChI=1S/C19H18O/c1-19(17-10-6-3-7-11-17)14-16(12-13-18(19)20)15-8-4-2-5-9-15/h2-14,18,20H,1H3. The van der Waals surface area contributed by atoms with Gasteiger partial charge in [0.15, 0.2) is 0 Å². The number of hydrogen-bond donors (Lipinski definition) is 1. The summed E-state index contributed by atoms with van der Waals surface area (Å²) in [4.78, 5) is 0. The fourth-order valence-corrected chi connectivity index (χ4v) is 2.71. The minimum Gasteiger partial charge on any atom is -0.388 e. The van der Waals surface area contributed by atoms with Gasteiger partial charge >= 0.3 is 0 Å². The summed E-state index contributed by atoms with van der Waals surface area (Å²) in [7, 11) is 0. The van der Waals surface area contributed by atoms with Gasteiger partial charge in [-0.3, -0.25) is 0 Å². The van der Waals surface area contributed by atoms with E-state index in [0.29, 0.717) is 0 Å². The average molecular weight is 262 g/mol. The van der Waals surface area contributed by atoms with Crippen molar-refractivity contribution in [2.45, 2.75) is 18.4 Å². The fourth-order valence-electron chi connectivity index (χ4n) is 2.71. The molecule has 1 N–H and O–H groups in total. The second-order valence-electron chi connectivity index (χ2n) is 5.42. The lowest BCUT2D eigenvalue weighted by Crippen LogP contribution is -2.35. The van der Waals surface area contributed by atoms with Gasteiger partial charge in [-0.1, -0.05) is 78.9 Å². The third kappa shape index (κ3) is 2.21. The Kier molecular flexibility index (Phi) is 3.29.